The molecule has 4 nitrogen and oxygen atoms in total. The van der Waals surface area contributed by atoms with Crippen molar-refractivity contribution in [3.05, 3.63) is 30.1 Å². The lowest BCUT2D eigenvalue weighted by Gasteiger charge is -2.40. The van der Waals surface area contributed by atoms with E-state index in [0.29, 0.717) is 5.91 Å². The molecule has 1 saturated carbocycles. The fourth-order valence-corrected chi connectivity index (χ4v) is 2.73. The van der Waals surface area contributed by atoms with E-state index in [1.54, 1.807) is 6.20 Å². The quantitative estimate of drug-likeness (QED) is 0.855. The summed E-state index contributed by atoms with van der Waals surface area (Å²) >= 11 is 0. The number of nitrogens with one attached hydrogen (secondary N) is 1. The number of hydrogen-bond donors (Lipinski definition) is 1. The maximum absolute atomic E-state index is 12.4. The molecule has 4 heteroatoms. The van der Waals surface area contributed by atoms with Crippen LogP contribution in [0.2, 0.25) is 0 Å². The van der Waals surface area contributed by atoms with Crippen LogP contribution in [0.25, 0.3) is 0 Å². The van der Waals surface area contributed by atoms with Crippen LogP contribution in [-0.4, -0.2) is 35.4 Å². The predicted octanol–water partition coefficient (Wildman–Crippen LogP) is 1.35. The summed E-state index contributed by atoms with van der Waals surface area (Å²) < 4.78 is 0. The molecule has 2 fully saturated rings. The summed E-state index contributed by atoms with van der Waals surface area (Å²) in [4.78, 5) is 18.7. The minimum atomic E-state index is 0.153. The largest absolute Gasteiger partial charge is 0.333 e. The highest BCUT2D eigenvalue weighted by Crippen LogP contribution is 2.32. The van der Waals surface area contributed by atoms with Gasteiger partial charge in [-0.15, -0.1) is 0 Å². The van der Waals surface area contributed by atoms with Crippen LogP contribution in [0.15, 0.2) is 24.5 Å². The highest BCUT2D eigenvalue weighted by Gasteiger charge is 2.34. The van der Waals surface area contributed by atoms with Gasteiger partial charge in [-0.1, -0.05) is 12.5 Å². The maximum Gasteiger partial charge on any atom is 0.226 e. The number of carbonyl (C=O) groups is 1. The van der Waals surface area contributed by atoms with E-state index in [1.165, 1.54) is 6.42 Å². The van der Waals surface area contributed by atoms with E-state index in [-0.39, 0.29) is 12.0 Å². The maximum atomic E-state index is 12.4. The van der Waals surface area contributed by atoms with Gasteiger partial charge in [-0.3, -0.25) is 9.78 Å². The van der Waals surface area contributed by atoms with Crippen molar-refractivity contribution in [2.45, 2.75) is 25.3 Å². The normalized spacial score (nSPS) is 24.7. The lowest BCUT2D eigenvalue weighted by atomic mass is 9.83. The first-order valence-corrected chi connectivity index (χ1v) is 6.77. The molecule has 1 unspecified atom stereocenters. The van der Waals surface area contributed by atoms with Crippen molar-refractivity contribution in [2.75, 3.05) is 19.6 Å². The topological polar surface area (TPSA) is 45.2 Å². The predicted molar refractivity (Wildman–Crippen MR) is 68.9 cm³/mol. The molecular weight excluding hydrogens is 226 g/mol. The lowest BCUT2D eigenvalue weighted by molar-refractivity contribution is -0.141. The zero-order chi connectivity index (χ0) is 12.4. The molecule has 1 aromatic rings. The van der Waals surface area contributed by atoms with Crippen LogP contribution in [-0.2, 0) is 4.79 Å². The fourth-order valence-electron chi connectivity index (χ4n) is 2.73. The summed E-state index contributed by atoms with van der Waals surface area (Å²) in [5.41, 5.74) is 1.14. The van der Waals surface area contributed by atoms with E-state index >= 15 is 0 Å². The van der Waals surface area contributed by atoms with Crippen molar-refractivity contribution in [1.82, 2.24) is 15.2 Å². The molecule has 1 aliphatic carbocycles. The van der Waals surface area contributed by atoms with Crippen LogP contribution >= 0.6 is 0 Å². The number of nitrogens with zero attached hydrogens (tertiary/aromatic N) is 2. The number of rotatable bonds is 2. The second-order valence-electron chi connectivity index (χ2n) is 5.17. The second-order valence-corrected chi connectivity index (χ2v) is 5.17. The van der Waals surface area contributed by atoms with Crippen molar-refractivity contribution in [3.63, 3.8) is 0 Å². The van der Waals surface area contributed by atoms with Gasteiger partial charge in [0.25, 0.3) is 0 Å². The molecule has 2 heterocycles. The first-order chi connectivity index (χ1) is 8.86. The molecule has 1 atom stereocenters. The molecule has 18 heavy (non-hydrogen) atoms. The van der Waals surface area contributed by atoms with Gasteiger partial charge in [0.1, 0.15) is 0 Å². The summed E-state index contributed by atoms with van der Waals surface area (Å²) in [6, 6.07) is 4.15. The van der Waals surface area contributed by atoms with E-state index in [4.69, 9.17) is 0 Å². The number of hydrogen-bond acceptors (Lipinski definition) is 3. The van der Waals surface area contributed by atoms with Crippen LogP contribution in [0.5, 0.6) is 0 Å². The Hall–Kier alpha value is -1.42. The van der Waals surface area contributed by atoms with Gasteiger partial charge in [-0.05, 0) is 24.5 Å². The van der Waals surface area contributed by atoms with Crippen molar-refractivity contribution in [3.8, 4) is 0 Å². The van der Waals surface area contributed by atoms with Gasteiger partial charge in [0.05, 0.1) is 6.04 Å². The molecule has 0 bridgehead atoms. The first-order valence-electron chi connectivity index (χ1n) is 6.77. The van der Waals surface area contributed by atoms with Crippen molar-refractivity contribution in [2.24, 2.45) is 5.92 Å². The van der Waals surface area contributed by atoms with Gasteiger partial charge in [0.15, 0.2) is 0 Å². The van der Waals surface area contributed by atoms with E-state index < -0.39 is 0 Å². The number of amides is 1. The van der Waals surface area contributed by atoms with Crippen LogP contribution in [0.4, 0.5) is 0 Å². The number of pyridine rings is 1. The molecule has 3 rings (SSSR count). The van der Waals surface area contributed by atoms with Crippen LogP contribution in [0.3, 0.4) is 0 Å². The van der Waals surface area contributed by atoms with Crippen LogP contribution < -0.4 is 5.32 Å². The van der Waals surface area contributed by atoms with Gasteiger partial charge in [0, 0.05) is 37.9 Å². The Balaban J connectivity index is 1.79. The smallest absolute Gasteiger partial charge is 0.226 e. The van der Waals surface area contributed by atoms with Crippen LogP contribution in [0.1, 0.15) is 30.9 Å². The molecule has 0 aromatic carbocycles. The highest BCUT2D eigenvalue weighted by atomic mass is 16.2. The third-order valence-corrected chi connectivity index (χ3v) is 4.05. The lowest BCUT2D eigenvalue weighted by Crippen LogP contribution is -2.51. The Bertz CT molecular complexity index is 416. The molecule has 1 saturated heterocycles. The summed E-state index contributed by atoms with van der Waals surface area (Å²) in [6.07, 6.45) is 7.00. The minimum absolute atomic E-state index is 0.153. The standard InChI is InChI=1S/C14H19N3O/c18-14(11-3-1-4-11)17-8-7-16-10-13(17)12-5-2-6-15-9-12/h2,5-6,9,11,13,16H,1,3-4,7-8,10H2. The molecule has 0 radical (unpaired) electrons. The first kappa shape index (κ1) is 11.7. The van der Waals surface area contributed by atoms with E-state index in [0.717, 1.165) is 38.0 Å². The van der Waals surface area contributed by atoms with E-state index in [9.17, 15) is 4.79 Å². The molecule has 1 aliphatic heterocycles. The summed E-state index contributed by atoms with van der Waals surface area (Å²) in [5.74, 6) is 0.624. The summed E-state index contributed by atoms with van der Waals surface area (Å²) in [5, 5.41) is 3.37. The van der Waals surface area contributed by atoms with Crippen molar-refractivity contribution in [1.29, 1.82) is 0 Å². The number of carbonyl (C=O) groups excluding carboxylic acids is 1. The van der Waals surface area contributed by atoms with Gasteiger partial charge in [0.2, 0.25) is 5.91 Å². The van der Waals surface area contributed by atoms with E-state index in [1.807, 2.05) is 12.3 Å². The van der Waals surface area contributed by atoms with E-state index in [2.05, 4.69) is 21.3 Å². The fraction of sp³-hybridized carbons (Fsp3) is 0.571. The van der Waals surface area contributed by atoms with Crippen molar-refractivity contribution >= 4 is 5.91 Å². The Morgan fingerprint density at radius 2 is 2.33 bits per heavy atom. The third-order valence-electron chi connectivity index (χ3n) is 4.05. The van der Waals surface area contributed by atoms with Gasteiger partial charge < -0.3 is 10.2 Å². The van der Waals surface area contributed by atoms with Crippen molar-refractivity contribution < 1.29 is 4.79 Å². The number of aromatic nitrogens is 1. The summed E-state index contributed by atoms with van der Waals surface area (Å²) in [7, 11) is 0. The molecule has 96 valence electrons. The van der Waals surface area contributed by atoms with Gasteiger partial charge in [-0.25, -0.2) is 0 Å². The summed E-state index contributed by atoms with van der Waals surface area (Å²) in [6.45, 7) is 2.55. The second kappa shape index (κ2) is 5.06. The highest BCUT2D eigenvalue weighted by molar-refractivity contribution is 5.80. The Kier molecular flexibility index (Phi) is 3.28. The Labute approximate surface area is 107 Å². The number of piperazine rings is 1. The molecule has 1 amide bonds. The third kappa shape index (κ3) is 2.12. The average Bonchev–Trinajstić information content (AvgIpc) is 2.38. The average molecular weight is 245 g/mol. The molecule has 1 aromatic heterocycles. The molecular formula is C14H19N3O. The Morgan fingerprint density at radius 3 is 3.00 bits per heavy atom. The zero-order valence-electron chi connectivity index (χ0n) is 10.5. The molecule has 0 spiro atoms. The van der Waals surface area contributed by atoms with Gasteiger partial charge >= 0.3 is 0 Å². The SMILES string of the molecule is O=C(C1CCC1)N1CCNCC1c1cccnc1. The zero-order valence-corrected chi connectivity index (χ0v) is 10.5. The van der Waals surface area contributed by atoms with Gasteiger partial charge in [-0.2, -0.15) is 0 Å². The minimum Gasteiger partial charge on any atom is -0.333 e. The molecule has 2 aliphatic rings. The monoisotopic (exact) mass is 245 g/mol. The Morgan fingerprint density at radius 1 is 1.44 bits per heavy atom. The molecule has 1 N–H and O–H groups in total. The van der Waals surface area contributed by atoms with Crippen LogP contribution in [0, 0.1) is 5.92 Å².